The summed E-state index contributed by atoms with van der Waals surface area (Å²) in [6.07, 6.45) is 1.58. The first-order chi connectivity index (χ1) is 18.3. The van der Waals surface area contributed by atoms with Crippen LogP contribution in [0.3, 0.4) is 0 Å². The van der Waals surface area contributed by atoms with Crippen molar-refractivity contribution in [1.82, 2.24) is 20.1 Å². The number of hydrogen-bond acceptors (Lipinski definition) is 8. The number of amides is 2. The molecule has 0 spiro atoms. The highest BCUT2D eigenvalue weighted by molar-refractivity contribution is 7.10. The number of nitro benzene ring substituents is 1. The number of nitrogens with one attached hydrogen (secondary N) is 2. The van der Waals surface area contributed by atoms with Crippen LogP contribution in [0.15, 0.2) is 47.8 Å². The molecule has 0 unspecified atom stereocenters. The quantitative estimate of drug-likeness (QED) is 0.251. The summed E-state index contributed by atoms with van der Waals surface area (Å²) in [7, 11) is 0. The molecule has 0 saturated carbocycles. The zero-order valence-corrected chi connectivity index (χ0v) is 21.7. The monoisotopic (exact) mass is 534 g/mol. The van der Waals surface area contributed by atoms with Gasteiger partial charge in [-0.1, -0.05) is 0 Å². The molecule has 1 aliphatic heterocycles. The Morgan fingerprint density at radius 3 is 2.61 bits per heavy atom. The van der Waals surface area contributed by atoms with E-state index in [4.69, 9.17) is 4.74 Å². The minimum absolute atomic E-state index is 0.00906. The number of anilines is 1. The molecular weight excluding hydrogens is 508 g/mol. The van der Waals surface area contributed by atoms with Crippen LogP contribution in [0, 0.1) is 10.1 Å². The van der Waals surface area contributed by atoms with E-state index in [1.165, 1.54) is 23.5 Å². The van der Waals surface area contributed by atoms with E-state index in [-0.39, 0.29) is 35.1 Å². The maximum absolute atomic E-state index is 12.9. The van der Waals surface area contributed by atoms with Crippen LogP contribution in [0.5, 0.6) is 5.75 Å². The van der Waals surface area contributed by atoms with Crippen molar-refractivity contribution in [1.29, 1.82) is 0 Å². The van der Waals surface area contributed by atoms with Crippen molar-refractivity contribution in [2.24, 2.45) is 0 Å². The highest BCUT2D eigenvalue weighted by Gasteiger charge is 2.27. The Bertz CT molecular complexity index is 1490. The molecule has 38 heavy (non-hydrogen) atoms. The average molecular weight is 535 g/mol. The number of likely N-dealkylation sites (tertiary alicyclic amines) is 1. The number of H-pyrrole nitrogens is 1. The average Bonchev–Trinajstić information content (AvgIpc) is 3.56. The van der Waals surface area contributed by atoms with Crippen LogP contribution in [-0.2, 0) is 0 Å². The first kappa shape index (κ1) is 25.3. The third kappa shape index (κ3) is 5.35. The number of rotatable bonds is 7. The topological polar surface area (TPSA) is 143 Å². The molecule has 1 aliphatic rings. The summed E-state index contributed by atoms with van der Waals surface area (Å²) >= 11 is 1.41. The zero-order chi connectivity index (χ0) is 26.8. The summed E-state index contributed by atoms with van der Waals surface area (Å²) in [6.45, 7) is 5.12. The lowest BCUT2D eigenvalue weighted by molar-refractivity contribution is -0.384. The van der Waals surface area contributed by atoms with Crippen molar-refractivity contribution in [2.45, 2.75) is 38.7 Å². The molecule has 2 aromatic carbocycles. The molecule has 4 aromatic rings. The van der Waals surface area contributed by atoms with Gasteiger partial charge in [0.05, 0.1) is 26.9 Å². The van der Waals surface area contributed by atoms with Gasteiger partial charge in [0, 0.05) is 42.1 Å². The molecule has 2 aromatic heterocycles. The van der Waals surface area contributed by atoms with Gasteiger partial charge in [-0.2, -0.15) is 5.10 Å². The summed E-state index contributed by atoms with van der Waals surface area (Å²) in [4.78, 5) is 42.8. The number of aromatic nitrogens is 3. The van der Waals surface area contributed by atoms with E-state index in [9.17, 15) is 19.7 Å². The summed E-state index contributed by atoms with van der Waals surface area (Å²) in [5.41, 5.74) is 1.37. The number of carbonyl (C=O) groups is 2. The number of fused-ring (bicyclic) bond motifs is 1. The summed E-state index contributed by atoms with van der Waals surface area (Å²) in [5, 5.41) is 23.6. The summed E-state index contributed by atoms with van der Waals surface area (Å²) in [6, 6.07) is 11.5. The van der Waals surface area contributed by atoms with Crippen LogP contribution < -0.4 is 10.1 Å². The maximum Gasteiger partial charge on any atom is 0.276 e. The second-order valence-corrected chi connectivity index (χ2v) is 10.2. The van der Waals surface area contributed by atoms with E-state index in [0.29, 0.717) is 29.6 Å². The van der Waals surface area contributed by atoms with Crippen LogP contribution >= 0.6 is 11.3 Å². The van der Waals surface area contributed by atoms with Crippen LogP contribution in [0.1, 0.15) is 58.5 Å². The standard InChI is InChI=1S/C26H26N6O5S/c1-15(2)37-19-6-3-17(4-7-19)26(34)31-11-9-16(10-12-31)25-27-22(14-38-25)24(33)28-23-20-13-18(32(35)36)5-8-21(20)29-30-23/h3-8,13-16H,9-12H2,1-2H3,(H2,28,29,30,33). The Morgan fingerprint density at radius 1 is 1.18 bits per heavy atom. The van der Waals surface area contributed by atoms with Crippen molar-refractivity contribution >= 4 is 45.6 Å². The van der Waals surface area contributed by atoms with Crippen molar-refractivity contribution in [3.05, 3.63) is 74.2 Å². The lowest BCUT2D eigenvalue weighted by atomic mass is 9.97. The second kappa shape index (κ2) is 10.6. The summed E-state index contributed by atoms with van der Waals surface area (Å²) < 4.78 is 5.65. The molecule has 0 aliphatic carbocycles. The first-order valence-electron chi connectivity index (χ1n) is 12.2. The highest BCUT2D eigenvalue weighted by atomic mass is 32.1. The van der Waals surface area contributed by atoms with Crippen LogP contribution in [0.2, 0.25) is 0 Å². The Kier molecular flexibility index (Phi) is 7.05. The number of nitro groups is 1. The largest absolute Gasteiger partial charge is 0.491 e. The molecule has 2 N–H and O–H groups in total. The van der Waals surface area contributed by atoms with Gasteiger partial charge >= 0.3 is 0 Å². The van der Waals surface area contributed by atoms with Gasteiger partial charge < -0.3 is 15.0 Å². The Hall–Kier alpha value is -4.32. The van der Waals surface area contributed by atoms with Gasteiger partial charge in [-0.15, -0.1) is 11.3 Å². The number of ether oxygens (including phenoxy) is 1. The molecule has 11 nitrogen and oxygen atoms in total. The number of hydrogen-bond donors (Lipinski definition) is 2. The predicted octanol–water partition coefficient (Wildman–Crippen LogP) is 4.99. The molecule has 2 amide bonds. The lowest BCUT2D eigenvalue weighted by Crippen LogP contribution is -2.37. The Labute approximate surface area is 222 Å². The molecule has 0 bridgehead atoms. The molecule has 5 rings (SSSR count). The SMILES string of the molecule is CC(C)Oc1ccc(C(=O)N2CCC(c3nc(C(=O)Nc4n[nH]c5ccc([N+](=O)[O-])cc45)cs3)CC2)cc1. The second-order valence-electron chi connectivity index (χ2n) is 9.34. The number of aromatic amines is 1. The number of piperidine rings is 1. The van der Waals surface area contributed by atoms with Gasteiger partial charge in [0.25, 0.3) is 17.5 Å². The Morgan fingerprint density at radius 2 is 1.92 bits per heavy atom. The molecule has 1 saturated heterocycles. The Balaban J connectivity index is 1.19. The summed E-state index contributed by atoms with van der Waals surface area (Å²) in [5.74, 6) is 0.649. The number of benzene rings is 2. The number of carbonyl (C=O) groups excluding carboxylic acids is 2. The number of non-ortho nitro benzene ring substituents is 1. The third-order valence-electron chi connectivity index (χ3n) is 6.35. The van der Waals surface area contributed by atoms with E-state index in [1.807, 2.05) is 30.9 Å². The molecule has 0 atom stereocenters. The highest BCUT2D eigenvalue weighted by Crippen LogP contribution is 2.32. The van der Waals surface area contributed by atoms with Gasteiger partial charge in [0.15, 0.2) is 5.82 Å². The van der Waals surface area contributed by atoms with Crippen molar-refractivity contribution in [2.75, 3.05) is 18.4 Å². The van der Waals surface area contributed by atoms with Crippen LogP contribution in [0.4, 0.5) is 11.5 Å². The fraction of sp³-hybridized carbons (Fsp3) is 0.308. The molecule has 12 heteroatoms. The molecule has 1 fully saturated rings. The maximum atomic E-state index is 12.9. The minimum Gasteiger partial charge on any atom is -0.491 e. The number of thiazole rings is 1. The lowest BCUT2D eigenvalue weighted by Gasteiger charge is -2.31. The zero-order valence-electron chi connectivity index (χ0n) is 20.8. The van der Waals surface area contributed by atoms with Gasteiger partial charge in [-0.3, -0.25) is 24.8 Å². The van der Waals surface area contributed by atoms with E-state index >= 15 is 0 Å². The normalized spacial score (nSPS) is 14.1. The van der Waals surface area contributed by atoms with E-state index in [2.05, 4.69) is 20.5 Å². The molecule has 0 radical (unpaired) electrons. The minimum atomic E-state index is -0.498. The smallest absolute Gasteiger partial charge is 0.276 e. The fourth-order valence-electron chi connectivity index (χ4n) is 4.42. The van der Waals surface area contributed by atoms with Crippen molar-refractivity contribution < 1.29 is 19.2 Å². The predicted molar refractivity (Wildman–Crippen MR) is 143 cm³/mol. The van der Waals surface area contributed by atoms with Crippen molar-refractivity contribution in [3.8, 4) is 5.75 Å². The molecule has 3 heterocycles. The molecular formula is C26H26N6O5S. The third-order valence-corrected chi connectivity index (χ3v) is 7.36. The van der Waals surface area contributed by atoms with Gasteiger partial charge in [0.2, 0.25) is 0 Å². The van der Waals surface area contributed by atoms with Gasteiger partial charge in [-0.25, -0.2) is 4.98 Å². The molecule has 196 valence electrons. The van der Waals surface area contributed by atoms with Crippen molar-refractivity contribution in [3.63, 3.8) is 0 Å². The number of nitrogens with zero attached hydrogens (tertiary/aromatic N) is 4. The van der Waals surface area contributed by atoms with Gasteiger partial charge in [0.1, 0.15) is 11.4 Å². The van der Waals surface area contributed by atoms with Crippen LogP contribution in [0.25, 0.3) is 10.9 Å². The van der Waals surface area contributed by atoms with Gasteiger partial charge in [-0.05, 0) is 57.0 Å². The first-order valence-corrected chi connectivity index (χ1v) is 13.1. The van der Waals surface area contributed by atoms with E-state index in [0.717, 1.165) is 23.6 Å². The fourth-order valence-corrected chi connectivity index (χ4v) is 5.39. The van der Waals surface area contributed by atoms with E-state index in [1.54, 1.807) is 23.6 Å². The van der Waals surface area contributed by atoms with E-state index < -0.39 is 10.8 Å². The van der Waals surface area contributed by atoms with Crippen LogP contribution in [-0.4, -0.2) is 56.0 Å².